The van der Waals surface area contributed by atoms with E-state index in [2.05, 4.69) is 10.5 Å². The van der Waals surface area contributed by atoms with Gasteiger partial charge in [-0.1, -0.05) is 17.3 Å². The van der Waals surface area contributed by atoms with E-state index in [0.29, 0.717) is 17.3 Å². The monoisotopic (exact) mass is 348 g/mol. The van der Waals surface area contributed by atoms with Crippen molar-refractivity contribution >= 4 is 29.3 Å². The second kappa shape index (κ2) is 8.54. The van der Waals surface area contributed by atoms with Crippen LogP contribution in [0, 0.1) is 13.8 Å². The molecule has 0 bridgehead atoms. The second-order valence-electron chi connectivity index (χ2n) is 5.42. The fourth-order valence-corrected chi connectivity index (χ4v) is 3.09. The van der Waals surface area contributed by atoms with Crippen LogP contribution in [0.2, 0.25) is 0 Å². The second-order valence-corrected chi connectivity index (χ2v) is 6.53. The number of anilines is 1. The average Bonchev–Trinajstić information content (AvgIpc) is 2.84. The molecule has 0 saturated heterocycles. The summed E-state index contributed by atoms with van der Waals surface area (Å²) >= 11 is 1.56. The molecule has 0 saturated carbocycles. The van der Waals surface area contributed by atoms with E-state index in [4.69, 9.17) is 9.63 Å². The molecule has 2 rings (SSSR count). The molecule has 2 aromatic rings. The summed E-state index contributed by atoms with van der Waals surface area (Å²) in [7, 11) is 0. The molecule has 1 aromatic heterocycles. The number of carbonyl (C=O) groups is 2. The number of amides is 1. The predicted molar refractivity (Wildman–Crippen MR) is 93.2 cm³/mol. The number of thioether (sulfide) groups is 1. The molecule has 0 fully saturated rings. The van der Waals surface area contributed by atoms with Crippen molar-refractivity contribution in [2.24, 2.45) is 0 Å². The summed E-state index contributed by atoms with van der Waals surface area (Å²) < 4.78 is 5.06. The topological polar surface area (TPSA) is 92.4 Å². The molecule has 2 N–H and O–H groups in total. The molecule has 0 unspecified atom stereocenters. The van der Waals surface area contributed by atoms with E-state index in [9.17, 15) is 9.59 Å². The Kier molecular flexibility index (Phi) is 6.43. The highest BCUT2D eigenvalue weighted by atomic mass is 32.2. The van der Waals surface area contributed by atoms with E-state index in [1.54, 1.807) is 18.7 Å². The first-order valence-electron chi connectivity index (χ1n) is 7.56. The highest BCUT2D eigenvalue weighted by Crippen LogP contribution is 2.18. The van der Waals surface area contributed by atoms with E-state index >= 15 is 0 Å². The number of hydrogen-bond donors (Lipinski definition) is 2. The highest BCUT2D eigenvalue weighted by Gasteiger charge is 2.13. The molecule has 1 heterocycles. The van der Waals surface area contributed by atoms with Crippen LogP contribution in [0.25, 0.3) is 0 Å². The molecule has 6 nitrogen and oxygen atoms in total. The normalized spacial score (nSPS) is 10.6. The molecule has 128 valence electrons. The van der Waals surface area contributed by atoms with Gasteiger partial charge in [0.15, 0.2) is 0 Å². The van der Waals surface area contributed by atoms with E-state index in [1.165, 1.54) is 0 Å². The number of aromatic nitrogens is 1. The van der Waals surface area contributed by atoms with E-state index < -0.39 is 5.97 Å². The number of nitrogens with one attached hydrogen (secondary N) is 1. The molecule has 0 aliphatic carbocycles. The van der Waals surface area contributed by atoms with Crippen LogP contribution in [0.1, 0.15) is 29.0 Å². The van der Waals surface area contributed by atoms with Gasteiger partial charge in [-0.3, -0.25) is 9.59 Å². The number of carbonyl (C=O) groups excluding carboxylic acids is 1. The molecule has 0 atom stereocenters. The lowest BCUT2D eigenvalue weighted by atomic mass is 10.1. The SMILES string of the molecule is Cc1noc(C)c1CC(=O)Nc1cccc(CSCCC(=O)O)c1. The molecule has 0 spiro atoms. The third kappa shape index (κ3) is 5.42. The van der Waals surface area contributed by atoms with Crippen LogP contribution in [0.5, 0.6) is 0 Å². The molecular weight excluding hydrogens is 328 g/mol. The van der Waals surface area contributed by atoms with Crippen molar-refractivity contribution in [3.63, 3.8) is 0 Å². The Morgan fingerprint density at radius 1 is 1.33 bits per heavy atom. The van der Waals surface area contributed by atoms with E-state index in [-0.39, 0.29) is 18.7 Å². The smallest absolute Gasteiger partial charge is 0.304 e. The van der Waals surface area contributed by atoms with Gasteiger partial charge in [0.1, 0.15) is 5.76 Å². The minimum absolute atomic E-state index is 0.125. The lowest BCUT2D eigenvalue weighted by Crippen LogP contribution is -2.15. The van der Waals surface area contributed by atoms with Gasteiger partial charge in [-0.05, 0) is 31.5 Å². The number of nitrogens with zero attached hydrogens (tertiary/aromatic N) is 1. The summed E-state index contributed by atoms with van der Waals surface area (Å²) in [4.78, 5) is 22.7. The number of benzene rings is 1. The molecule has 0 aliphatic rings. The summed E-state index contributed by atoms with van der Waals surface area (Å²) in [6.07, 6.45) is 0.372. The molecule has 7 heteroatoms. The quantitative estimate of drug-likeness (QED) is 0.712. The summed E-state index contributed by atoms with van der Waals surface area (Å²) in [6.45, 7) is 3.60. The lowest BCUT2D eigenvalue weighted by molar-refractivity contribution is -0.136. The van der Waals surface area contributed by atoms with Crippen LogP contribution < -0.4 is 5.32 Å². The summed E-state index contributed by atoms with van der Waals surface area (Å²) in [5.41, 5.74) is 3.31. The minimum atomic E-state index is -0.789. The van der Waals surface area contributed by atoms with Crippen molar-refractivity contribution in [2.45, 2.75) is 32.4 Å². The van der Waals surface area contributed by atoms with Gasteiger partial charge in [0, 0.05) is 22.8 Å². The van der Waals surface area contributed by atoms with Gasteiger partial charge in [-0.15, -0.1) is 0 Å². The van der Waals surface area contributed by atoms with Crippen LogP contribution in [0.15, 0.2) is 28.8 Å². The van der Waals surface area contributed by atoms with Crippen LogP contribution in [-0.2, 0) is 21.8 Å². The Morgan fingerprint density at radius 3 is 2.79 bits per heavy atom. The van der Waals surface area contributed by atoms with E-state index in [0.717, 1.165) is 22.5 Å². The van der Waals surface area contributed by atoms with Gasteiger partial charge in [0.25, 0.3) is 0 Å². The Hall–Kier alpha value is -2.28. The summed E-state index contributed by atoms with van der Waals surface area (Å²) in [5, 5.41) is 15.3. The maximum Gasteiger partial charge on any atom is 0.304 e. The van der Waals surface area contributed by atoms with Crippen molar-refractivity contribution in [2.75, 3.05) is 11.1 Å². The van der Waals surface area contributed by atoms with Crippen LogP contribution in [-0.4, -0.2) is 27.9 Å². The van der Waals surface area contributed by atoms with Gasteiger partial charge >= 0.3 is 5.97 Å². The number of aryl methyl sites for hydroxylation is 2. The van der Waals surface area contributed by atoms with Crippen molar-refractivity contribution < 1.29 is 19.2 Å². The number of carboxylic acid groups (broad SMARTS) is 1. The van der Waals surface area contributed by atoms with Crippen molar-refractivity contribution in [3.05, 3.63) is 46.8 Å². The predicted octanol–water partition coefficient (Wildman–Crippen LogP) is 3.18. The first-order valence-corrected chi connectivity index (χ1v) is 8.71. The number of carboxylic acids is 1. The summed E-state index contributed by atoms with van der Waals surface area (Å²) in [5.74, 6) is 1.02. The lowest BCUT2D eigenvalue weighted by Gasteiger charge is -2.07. The molecular formula is C17H20N2O4S. The molecule has 0 aliphatic heterocycles. The first kappa shape index (κ1) is 18.1. The van der Waals surface area contributed by atoms with Crippen molar-refractivity contribution in [3.8, 4) is 0 Å². The molecule has 24 heavy (non-hydrogen) atoms. The Labute approximate surface area is 144 Å². The standard InChI is InChI=1S/C17H20N2O4S/c1-11-15(12(2)23-19-11)9-16(20)18-14-5-3-4-13(8-14)10-24-7-6-17(21)22/h3-5,8H,6-7,9-10H2,1-2H3,(H,18,20)(H,21,22). The zero-order valence-corrected chi connectivity index (χ0v) is 14.5. The number of hydrogen-bond acceptors (Lipinski definition) is 5. The first-order chi connectivity index (χ1) is 11.5. The number of aliphatic carboxylic acids is 1. The van der Waals surface area contributed by atoms with Gasteiger partial charge in [-0.25, -0.2) is 0 Å². The largest absolute Gasteiger partial charge is 0.481 e. The number of rotatable bonds is 8. The van der Waals surface area contributed by atoms with E-state index in [1.807, 2.05) is 31.2 Å². The molecule has 1 amide bonds. The molecule has 1 aromatic carbocycles. The van der Waals surface area contributed by atoms with Gasteiger partial charge < -0.3 is 14.9 Å². The van der Waals surface area contributed by atoms with Crippen LogP contribution in [0.4, 0.5) is 5.69 Å². The zero-order valence-electron chi connectivity index (χ0n) is 13.7. The molecule has 0 radical (unpaired) electrons. The maximum absolute atomic E-state index is 12.2. The Bertz CT molecular complexity index is 708. The third-order valence-electron chi connectivity index (χ3n) is 3.46. The maximum atomic E-state index is 12.2. The fraction of sp³-hybridized carbons (Fsp3) is 0.353. The van der Waals surface area contributed by atoms with Crippen molar-refractivity contribution in [1.82, 2.24) is 5.16 Å². The van der Waals surface area contributed by atoms with Gasteiger partial charge in [0.2, 0.25) is 5.91 Å². The van der Waals surface area contributed by atoms with Crippen molar-refractivity contribution in [1.29, 1.82) is 0 Å². The van der Waals surface area contributed by atoms with Crippen LogP contribution >= 0.6 is 11.8 Å². The van der Waals surface area contributed by atoms with Gasteiger partial charge in [-0.2, -0.15) is 11.8 Å². The van der Waals surface area contributed by atoms with Gasteiger partial charge in [0.05, 0.1) is 18.5 Å². The minimum Gasteiger partial charge on any atom is -0.481 e. The average molecular weight is 348 g/mol. The third-order valence-corrected chi connectivity index (χ3v) is 4.49. The highest BCUT2D eigenvalue weighted by molar-refractivity contribution is 7.98. The fourth-order valence-electron chi connectivity index (χ4n) is 2.21. The van der Waals surface area contributed by atoms with Crippen LogP contribution in [0.3, 0.4) is 0 Å². The zero-order chi connectivity index (χ0) is 17.5. The summed E-state index contributed by atoms with van der Waals surface area (Å²) in [6, 6.07) is 7.56. The Balaban J connectivity index is 1.89. The Morgan fingerprint density at radius 2 is 2.12 bits per heavy atom.